The third-order valence-electron chi connectivity index (χ3n) is 3.10. The first-order valence-electron chi connectivity index (χ1n) is 5.89. The van der Waals surface area contributed by atoms with Gasteiger partial charge in [0.05, 0.1) is 0 Å². The van der Waals surface area contributed by atoms with Crippen molar-refractivity contribution in [1.29, 1.82) is 0 Å². The molecule has 0 radical (unpaired) electrons. The van der Waals surface area contributed by atoms with E-state index >= 15 is 0 Å². The zero-order chi connectivity index (χ0) is 10.5. The van der Waals surface area contributed by atoms with E-state index in [1.54, 1.807) is 6.33 Å². The second-order valence-corrected chi connectivity index (χ2v) is 4.25. The lowest BCUT2D eigenvalue weighted by atomic mass is 9.93. The second-order valence-electron chi connectivity index (χ2n) is 4.25. The molecular formula is C12H19N3. The molecule has 1 aliphatic rings. The normalized spacial score (nSPS) is 17.9. The summed E-state index contributed by atoms with van der Waals surface area (Å²) in [6, 6.07) is 2.15. The van der Waals surface area contributed by atoms with E-state index < -0.39 is 0 Å². The van der Waals surface area contributed by atoms with E-state index in [2.05, 4.69) is 28.3 Å². The topological polar surface area (TPSA) is 37.8 Å². The Balaban J connectivity index is 1.96. The molecule has 3 heteroatoms. The smallest absolute Gasteiger partial charge is 0.115 e. The molecule has 1 aromatic heterocycles. The van der Waals surface area contributed by atoms with Crippen LogP contribution in [0.5, 0.6) is 0 Å². The highest BCUT2D eigenvalue weighted by Crippen LogP contribution is 2.16. The van der Waals surface area contributed by atoms with Gasteiger partial charge in [0, 0.05) is 11.4 Å². The van der Waals surface area contributed by atoms with Crippen LogP contribution < -0.4 is 5.32 Å². The van der Waals surface area contributed by atoms with Gasteiger partial charge < -0.3 is 5.32 Å². The van der Waals surface area contributed by atoms with Crippen LogP contribution in [0.2, 0.25) is 0 Å². The Morgan fingerprint density at radius 2 is 2.00 bits per heavy atom. The average molecular weight is 205 g/mol. The molecule has 1 saturated heterocycles. The lowest BCUT2D eigenvalue weighted by molar-refractivity contribution is 0.370. The summed E-state index contributed by atoms with van der Waals surface area (Å²) >= 11 is 0. The van der Waals surface area contributed by atoms with E-state index in [-0.39, 0.29) is 0 Å². The van der Waals surface area contributed by atoms with Gasteiger partial charge in [-0.25, -0.2) is 9.97 Å². The molecule has 0 saturated carbocycles. The molecule has 0 aliphatic carbocycles. The Hall–Kier alpha value is -0.960. The average Bonchev–Trinajstić information content (AvgIpc) is 2.31. The van der Waals surface area contributed by atoms with Crippen LogP contribution in [0.25, 0.3) is 0 Å². The zero-order valence-corrected chi connectivity index (χ0v) is 9.37. The quantitative estimate of drug-likeness (QED) is 0.814. The van der Waals surface area contributed by atoms with Crippen molar-refractivity contribution in [3.8, 4) is 0 Å². The van der Waals surface area contributed by atoms with Crippen LogP contribution in [0.15, 0.2) is 12.4 Å². The zero-order valence-electron chi connectivity index (χ0n) is 9.37. The minimum absolute atomic E-state index is 0.811. The molecule has 0 spiro atoms. The first kappa shape index (κ1) is 10.6. The van der Waals surface area contributed by atoms with Gasteiger partial charge in [0.25, 0.3) is 0 Å². The van der Waals surface area contributed by atoms with Crippen LogP contribution in [0, 0.1) is 5.92 Å². The van der Waals surface area contributed by atoms with Crippen molar-refractivity contribution in [2.24, 2.45) is 5.92 Å². The molecular weight excluding hydrogens is 186 g/mol. The second kappa shape index (κ2) is 5.21. The largest absolute Gasteiger partial charge is 0.317 e. The fraction of sp³-hybridized carbons (Fsp3) is 0.667. The molecule has 15 heavy (non-hydrogen) atoms. The molecule has 2 heterocycles. The van der Waals surface area contributed by atoms with E-state index in [4.69, 9.17) is 0 Å². The van der Waals surface area contributed by atoms with Crippen molar-refractivity contribution in [3.63, 3.8) is 0 Å². The van der Waals surface area contributed by atoms with Crippen LogP contribution in [0.1, 0.15) is 31.2 Å². The standard InChI is InChI=1S/C12H19N3/c1-2-11-8-12(15-9-14-11)7-10-3-5-13-6-4-10/h8-10,13H,2-7H2,1H3. The van der Waals surface area contributed by atoms with Crippen molar-refractivity contribution in [3.05, 3.63) is 23.8 Å². The number of nitrogens with zero attached hydrogens (tertiary/aromatic N) is 2. The van der Waals surface area contributed by atoms with Gasteiger partial charge in [0.2, 0.25) is 0 Å². The van der Waals surface area contributed by atoms with Crippen LogP contribution >= 0.6 is 0 Å². The maximum absolute atomic E-state index is 4.35. The van der Waals surface area contributed by atoms with E-state index in [1.165, 1.54) is 18.5 Å². The molecule has 0 atom stereocenters. The van der Waals surface area contributed by atoms with Gasteiger partial charge in [-0.15, -0.1) is 0 Å². The molecule has 0 bridgehead atoms. The van der Waals surface area contributed by atoms with Gasteiger partial charge >= 0.3 is 0 Å². The molecule has 3 nitrogen and oxygen atoms in total. The number of hydrogen-bond acceptors (Lipinski definition) is 3. The summed E-state index contributed by atoms with van der Waals surface area (Å²) in [4.78, 5) is 8.58. The van der Waals surface area contributed by atoms with Crippen LogP contribution in [-0.2, 0) is 12.8 Å². The summed E-state index contributed by atoms with van der Waals surface area (Å²) in [5.41, 5.74) is 2.38. The minimum atomic E-state index is 0.811. The van der Waals surface area contributed by atoms with Gasteiger partial charge in [-0.3, -0.25) is 0 Å². The summed E-state index contributed by atoms with van der Waals surface area (Å²) in [6.07, 6.45) is 6.39. The molecule has 1 fully saturated rings. The third kappa shape index (κ3) is 2.99. The van der Waals surface area contributed by atoms with Crippen LogP contribution in [0.4, 0.5) is 0 Å². The highest BCUT2D eigenvalue weighted by atomic mass is 14.9. The fourth-order valence-electron chi connectivity index (χ4n) is 2.13. The Labute approximate surface area is 91.3 Å². The van der Waals surface area contributed by atoms with Crippen LogP contribution in [-0.4, -0.2) is 23.1 Å². The highest BCUT2D eigenvalue weighted by molar-refractivity contribution is 5.08. The Bertz CT molecular complexity index is 305. The molecule has 0 unspecified atom stereocenters. The number of aromatic nitrogens is 2. The predicted molar refractivity (Wildman–Crippen MR) is 60.7 cm³/mol. The van der Waals surface area contributed by atoms with E-state index in [1.807, 2.05) is 0 Å². The van der Waals surface area contributed by atoms with Crippen molar-refractivity contribution in [2.75, 3.05) is 13.1 Å². The lowest BCUT2D eigenvalue weighted by Crippen LogP contribution is -2.28. The summed E-state index contributed by atoms with van der Waals surface area (Å²) in [7, 11) is 0. The SMILES string of the molecule is CCc1cc(CC2CCNCC2)ncn1. The molecule has 1 aliphatic heterocycles. The van der Waals surface area contributed by atoms with E-state index in [9.17, 15) is 0 Å². The van der Waals surface area contributed by atoms with Gasteiger partial charge in [0.1, 0.15) is 6.33 Å². The summed E-state index contributed by atoms with van der Waals surface area (Å²) in [6.45, 7) is 4.46. The monoisotopic (exact) mass is 205 g/mol. The highest BCUT2D eigenvalue weighted by Gasteiger charge is 2.14. The fourth-order valence-corrected chi connectivity index (χ4v) is 2.13. The molecule has 82 valence electrons. The first-order valence-corrected chi connectivity index (χ1v) is 5.89. The Morgan fingerprint density at radius 3 is 2.73 bits per heavy atom. The van der Waals surface area contributed by atoms with Gasteiger partial charge in [-0.1, -0.05) is 6.92 Å². The van der Waals surface area contributed by atoms with Crippen molar-refractivity contribution in [1.82, 2.24) is 15.3 Å². The predicted octanol–water partition coefficient (Wildman–Crippen LogP) is 1.58. The maximum atomic E-state index is 4.35. The van der Waals surface area contributed by atoms with Gasteiger partial charge in [0.15, 0.2) is 0 Å². The summed E-state index contributed by atoms with van der Waals surface area (Å²) < 4.78 is 0. The minimum Gasteiger partial charge on any atom is -0.317 e. The van der Waals surface area contributed by atoms with Gasteiger partial charge in [-0.2, -0.15) is 0 Å². The molecule has 2 rings (SSSR count). The number of nitrogens with one attached hydrogen (secondary N) is 1. The third-order valence-corrected chi connectivity index (χ3v) is 3.10. The Kier molecular flexibility index (Phi) is 3.67. The molecule has 0 amide bonds. The number of aryl methyl sites for hydroxylation is 1. The first-order chi connectivity index (χ1) is 7.38. The summed E-state index contributed by atoms with van der Waals surface area (Å²) in [5, 5.41) is 3.39. The van der Waals surface area contributed by atoms with Gasteiger partial charge in [-0.05, 0) is 50.8 Å². The van der Waals surface area contributed by atoms with Crippen LogP contribution in [0.3, 0.4) is 0 Å². The van der Waals surface area contributed by atoms with Crippen molar-refractivity contribution in [2.45, 2.75) is 32.6 Å². The molecule has 0 aromatic carbocycles. The number of piperidine rings is 1. The van der Waals surface area contributed by atoms with Crippen molar-refractivity contribution >= 4 is 0 Å². The molecule has 1 aromatic rings. The van der Waals surface area contributed by atoms with E-state index in [0.717, 1.165) is 37.5 Å². The summed E-state index contributed by atoms with van der Waals surface area (Å²) in [5.74, 6) is 0.811. The lowest BCUT2D eigenvalue weighted by Gasteiger charge is -2.22. The molecule has 1 N–H and O–H groups in total. The number of hydrogen-bond donors (Lipinski definition) is 1. The Morgan fingerprint density at radius 1 is 1.27 bits per heavy atom. The maximum Gasteiger partial charge on any atom is 0.115 e. The van der Waals surface area contributed by atoms with Crippen molar-refractivity contribution < 1.29 is 0 Å². The van der Waals surface area contributed by atoms with E-state index in [0.29, 0.717) is 0 Å². The number of rotatable bonds is 3.